The molecule has 3 nitrogen and oxygen atoms in total. The minimum atomic E-state index is -0.115. The highest BCUT2D eigenvalue weighted by Gasteiger charge is 2.20. The van der Waals surface area contributed by atoms with Crippen LogP contribution in [0.2, 0.25) is 0 Å². The van der Waals surface area contributed by atoms with Crippen LogP contribution in [0.1, 0.15) is 29.5 Å². The van der Waals surface area contributed by atoms with Gasteiger partial charge in [0.1, 0.15) is 0 Å². The maximum absolute atomic E-state index is 11.9. The van der Waals surface area contributed by atoms with Gasteiger partial charge in [0, 0.05) is 11.0 Å². The van der Waals surface area contributed by atoms with E-state index in [1.54, 1.807) is 28.7 Å². The van der Waals surface area contributed by atoms with E-state index in [1.165, 1.54) is 17.0 Å². The van der Waals surface area contributed by atoms with E-state index in [1.807, 2.05) is 22.9 Å². The zero-order valence-electron chi connectivity index (χ0n) is 11.3. The van der Waals surface area contributed by atoms with Crippen molar-refractivity contribution in [2.75, 3.05) is 5.32 Å². The summed E-state index contributed by atoms with van der Waals surface area (Å²) in [6.07, 6.45) is 6.70. The van der Waals surface area contributed by atoms with Crippen LogP contribution in [0.4, 0.5) is 5.13 Å². The number of hydrogen-bond donors (Lipinski definition) is 1. The molecule has 5 heteroatoms. The van der Waals surface area contributed by atoms with E-state index in [-0.39, 0.29) is 5.91 Å². The Labute approximate surface area is 126 Å². The van der Waals surface area contributed by atoms with Crippen LogP contribution in [0.25, 0.3) is 6.08 Å². The average Bonchev–Trinajstić information content (AvgIpc) is 3.04. The van der Waals surface area contributed by atoms with Crippen LogP contribution in [0, 0.1) is 5.92 Å². The van der Waals surface area contributed by atoms with Gasteiger partial charge >= 0.3 is 0 Å². The lowest BCUT2D eigenvalue weighted by Crippen LogP contribution is -2.09. The van der Waals surface area contributed by atoms with E-state index in [0.717, 1.165) is 29.5 Å². The summed E-state index contributed by atoms with van der Waals surface area (Å²) in [4.78, 5) is 17.7. The Morgan fingerprint density at radius 1 is 1.55 bits per heavy atom. The number of carbonyl (C=O) groups is 1. The smallest absolute Gasteiger partial charge is 0.250 e. The molecule has 1 aliphatic carbocycles. The molecule has 0 bridgehead atoms. The van der Waals surface area contributed by atoms with Gasteiger partial charge in [-0.15, -0.1) is 11.3 Å². The summed E-state index contributed by atoms with van der Waals surface area (Å²) in [5.41, 5.74) is 2.22. The average molecular weight is 304 g/mol. The van der Waals surface area contributed by atoms with Crippen LogP contribution in [0.15, 0.2) is 22.9 Å². The highest BCUT2D eigenvalue weighted by atomic mass is 32.1. The van der Waals surface area contributed by atoms with Crippen LogP contribution < -0.4 is 5.32 Å². The number of nitrogens with one attached hydrogen (secondary N) is 1. The lowest BCUT2D eigenvalue weighted by Gasteiger charge is -2.15. The molecule has 1 N–H and O–H groups in total. The maximum atomic E-state index is 11.9. The predicted molar refractivity (Wildman–Crippen MR) is 85.3 cm³/mol. The van der Waals surface area contributed by atoms with Gasteiger partial charge in [-0.1, -0.05) is 6.92 Å². The number of hydrogen-bond acceptors (Lipinski definition) is 4. The topological polar surface area (TPSA) is 42.0 Å². The summed E-state index contributed by atoms with van der Waals surface area (Å²) in [6, 6.07) is 1.98. The quantitative estimate of drug-likeness (QED) is 0.871. The van der Waals surface area contributed by atoms with Gasteiger partial charge in [0.25, 0.3) is 0 Å². The van der Waals surface area contributed by atoms with Crippen molar-refractivity contribution in [3.05, 3.63) is 39.0 Å². The minimum Gasteiger partial charge on any atom is -0.298 e. The molecule has 1 unspecified atom stereocenters. The number of thiazole rings is 1. The van der Waals surface area contributed by atoms with Crippen molar-refractivity contribution in [2.24, 2.45) is 5.92 Å². The molecule has 2 aromatic heterocycles. The third kappa shape index (κ3) is 3.16. The summed E-state index contributed by atoms with van der Waals surface area (Å²) < 4.78 is 0. The Morgan fingerprint density at radius 2 is 2.45 bits per heavy atom. The lowest BCUT2D eigenvalue weighted by atomic mass is 9.93. The fourth-order valence-corrected chi connectivity index (χ4v) is 4.08. The molecule has 1 aliphatic rings. The predicted octanol–water partition coefficient (Wildman–Crippen LogP) is 3.98. The normalized spacial score (nSPS) is 18.1. The summed E-state index contributed by atoms with van der Waals surface area (Å²) in [7, 11) is 0. The molecule has 1 atom stereocenters. The monoisotopic (exact) mass is 304 g/mol. The third-order valence-corrected chi connectivity index (χ3v) is 5.12. The molecule has 3 rings (SSSR count). The van der Waals surface area contributed by atoms with Gasteiger partial charge in [-0.05, 0) is 53.6 Å². The summed E-state index contributed by atoms with van der Waals surface area (Å²) in [5, 5.41) is 7.59. The number of fused-ring (bicyclic) bond motifs is 1. The molecule has 20 heavy (non-hydrogen) atoms. The van der Waals surface area contributed by atoms with Crippen molar-refractivity contribution < 1.29 is 4.79 Å². The Morgan fingerprint density at radius 3 is 3.25 bits per heavy atom. The summed E-state index contributed by atoms with van der Waals surface area (Å²) in [6.45, 7) is 2.27. The van der Waals surface area contributed by atoms with Crippen molar-refractivity contribution >= 4 is 39.8 Å². The standard InChI is InChI=1S/C15H16N2OS2/c1-10-2-4-12-13(8-10)20-15(16-12)17-14(18)5-3-11-6-7-19-9-11/h3,5-7,9-10H,2,4,8H2,1H3,(H,16,17,18)/b5-3+. The molecule has 0 aliphatic heterocycles. The Balaban J connectivity index is 1.64. The second kappa shape index (κ2) is 5.89. The summed E-state index contributed by atoms with van der Waals surface area (Å²) in [5.74, 6) is 0.611. The van der Waals surface area contributed by atoms with Gasteiger partial charge in [-0.25, -0.2) is 4.98 Å². The van der Waals surface area contributed by atoms with E-state index >= 15 is 0 Å². The van der Waals surface area contributed by atoms with Gasteiger partial charge < -0.3 is 0 Å². The maximum Gasteiger partial charge on any atom is 0.250 e. The minimum absolute atomic E-state index is 0.115. The second-order valence-electron chi connectivity index (χ2n) is 5.12. The van der Waals surface area contributed by atoms with E-state index in [9.17, 15) is 4.79 Å². The number of aryl methyl sites for hydroxylation is 1. The zero-order chi connectivity index (χ0) is 13.9. The van der Waals surface area contributed by atoms with E-state index in [4.69, 9.17) is 0 Å². The van der Waals surface area contributed by atoms with E-state index < -0.39 is 0 Å². The van der Waals surface area contributed by atoms with E-state index in [2.05, 4.69) is 17.2 Å². The Hall–Kier alpha value is -1.46. The number of carbonyl (C=O) groups excluding carboxylic acids is 1. The largest absolute Gasteiger partial charge is 0.298 e. The molecular weight excluding hydrogens is 288 g/mol. The Bertz CT molecular complexity index is 628. The van der Waals surface area contributed by atoms with Crippen molar-refractivity contribution in [1.82, 2.24) is 4.98 Å². The lowest BCUT2D eigenvalue weighted by molar-refractivity contribution is -0.111. The van der Waals surface area contributed by atoms with Crippen molar-refractivity contribution in [3.8, 4) is 0 Å². The van der Waals surface area contributed by atoms with Crippen molar-refractivity contribution in [3.63, 3.8) is 0 Å². The number of anilines is 1. The first-order valence-corrected chi connectivity index (χ1v) is 8.46. The van der Waals surface area contributed by atoms with Crippen LogP contribution >= 0.6 is 22.7 Å². The molecule has 0 saturated carbocycles. The highest BCUT2D eigenvalue weighted by molar-refractivity contribution is 7.15. The number of nitrogens with zero attached hydrogens (tertiary/aromatic N) is 1. The Kier molecular flexibility index (Phi) is 3.98. The fourth-order valence-electron chi connectivity index (χ4n) is 2.28. The van der Waals surface area contributed by atoms with Gasteiger partial charge in [0.05, 0.1) is 5.69 Å². The second-order valence-corrected chi connectivity index (χ2v) is 6.98. The molecule has 0 saturated heterocycles. The molecule has 104 valence electrons. The van der Waals surface area contributed by atoms with Gasteiger partial charge in [0.15, 0.2) is 5.13 Å². The number of thiophene rings is 1. The van der Waals surface area contributed by atoms with Crippen LogP contribution in [0.3, 0.4) is 0 Å². The van der Waals surface area contributed by atoms with Crippen LogP contribution in [0.5, 0.6) is 0 Å². The van der Waals surface area contributed by atoms with Crippen LogP contribution in [-0.4, -0.2) is 10.9 Å². The molecule has 0 radical (unpaired) electrons. The molecule has 2 aromatic rings. The molecule has 0 spiro atoms. The molecule has 2 heterocycles. The number of amides is 1. The number of rotatable bonds is 3. The fraction of sp³-hybridized carbons (Fsp3) is 0.333. The van der Waals surface area contributed by atoms with Crippen molar-refractivity contribution in [2.45, 2.75) is 26.2 Å². The summed E-state index contributed by atoms with van der Waals surface area (Å²) >= 11 is 3.24. The molecule has 1 amide bonds. The first-order chi connectivity index (χ1) is 9.70. The SMILES string of the molecule is CC1CCc2nc(NC(=O)/C=C/c3ccsc3)sc2C1. The number of aromatic nitrogens is 1. The van der Waals surface area contributed by atoms with E-state index in [0.29, 0.717) is 0 Å². The van der Waals surface area contributed by atoms with Gasteiger partial charge in [-0.3, -0.25) is 10.1 Å². The zero-order valence-corrected chi connectivity index (χ0v) is 12.9. The highest BCUT2D eigenvalue weighted by Crippen LogP contribution is 2.32. The molecular formula is C15H16N2OS2. The first kappa shape index (κ1) is 13.5. The van der Waals surface area contributed by atoms with Crippen LogP contribution in [-0.2, 0) is 17.6 Å². The van der Waals surface area contributed by atoms with Gasteiger partial charge in [0.2, 0.25) is 5.91 Å². The van der Waals surface area contributed by atoms with Gasteiger partial charge in [-0.2, -0.15) is 11.3 Å². The third-order valence-electron chi connectivity index (χ3n) is 3.39. The molecule has 0 fully saturated rings. The first-order valence-electron chi connectivity index (χ1n) is 6.70. The molecule has 0 aromatic carbocycles. The van der Waals surface area contributed by atoms with Crippen molar-refractivity contribution in [1.29, 1.82) is 0 Å².